The van der Waals surface area contributed by atoms with Gasteiger partial charge in [0.05, 0.1) is 19.4 Å². The third-order valence-corrected chi connectivity index (χ3v) is 2.49. The second-order valence-electron chi connectivity index (χ2n) is 3.49. The Hall–Kier alpha value is -1.78. The van der Waals surface area contributed by atoms with Gasteiger partial charge in [0.25, 0.3) is 0 Å². The first-order chi connectivity index (χ1) is 7.18. The molecule has 1 aliphatic heterocycles. The Morgan fingerprint density at radius 1 is 1.60 bits per heavy atom. The summed E-state index contributed by atoms with van der Waals surface area (Å²) >= 11 is 0. The molecule has 1 aromatic rings. The van der Waals surface area contributed by atoms with E-state index in [2.05, 4.69) is 5.32 Å². The number of carbonyl (C=O) groups is 2. The molecule has 0 radical (unpaired) electrons. The molecule has 0 saturated carbocycles. The Morgan fingerprint density at radius 3 is 3.07 bits per heavy atom. The van der Waals surface area contributed by atoms with Gasteiger partial charge in [-0.25, -0.2) is 0 Å². The molecule has 5 heteroatoms. The average Bonchev–Trinajstić information content (AvgIpc) is 2.71. The zero-order valence-corrected chi connectivity index (χ0v) is 8.40. The molecule has 1 unspecified atom stereocenters. The van der Waals surface area contributed by atoms with E-state index < -0.39 is 6.04 Å². The molecule has 1 atom stereocenters. The van der Waals surface area contributed by atoms with Crippen LogP contribution in [-0.2, 0) is 16.1 Å². The topological polar surface area (TPSA) is 62.6 Å². The number of amides is 2. The first-order valence-electron chi connectivity index (χ1n) is 4.78. The number of piperazine rings is 1. The maximum absolute atomic E-state index is 11.5. The van der Waals surface area contributed by atoms with Crippen LogP contribution in [0.3, 0.4) is 0 Å². The van der Waals surface area contributed by atoms with Crippen LogP contribution in [0.2, 0.25) is 0 Å². The predicted octanol–water partition coefficient (Wildman–Crippen LogP) is 0.126. The van der Waals surface area contributed by atoms with E-state index >= 15 is 0 Å². The Morgan fingerprint density at radius 2 is 2.40 bits per heavy atom. The zero-order chi connectivity index (χ0) is 10.8. The highest BCUT2D eigenvalue weighted by Gasteiger charge is 2.31. The average molecular weight is 208 g/mol. The van der Waals surface area contributed by atoms with Gasteiger partial charge in [-0.15, -0.1) is 0 Å². The second-order valence-corrected chi connectivity index (χ2v) is 3.49. The van der Waals surface area contributed by atoms with Gasteiger partial charge < -0.3 is 14.6 Å². The summed E-state index contributed by atoms with van der Waals surface area (Å²) < 4.78 is 5.14. The quantitative estimate of drug-likeness (QED) is 0.751. The van der Waals surface area contributed by atoms with E-state index in [-0.39, 0.29) is 18.4 Å². The maximum Gasteiger partial charge on any atom is 0.243 e. The lowest BCUT2D eigenvalue weighted by Gasteiger charge is -2.31. The van der Waals surface area contributed by atoms with Gasteiger partial charge >= 0.3 is 0 Å². The first kappa shape index (κ1) is 9.76. The van der Waals surface area contributed by atoms with Crippen LogP contribution in [0.1, 0.15) is 12.7 Å². The van der Waals surface area contributed by atoms with Crippen molar-refractivity contribution in [1.82, 2.24) is 10.2 Å². The van der Waals surface area contributed by atoms with Gasteiger partial charge in [-0.1, -0.05) is 0 Å². The van der Waals surface area contributed by atoms with Crippen LogP contribution in [0.15, 0.2) is 22.8 Å². The monoisotopic (exact) mass is 208 g/mol. The smallest absolute Gasteiger partial charge is 0.243 e. The van der Waals surface area contributed by atoms with Gasteiger partial charge in [0.2, 0.25) is 11.8 Å². The first-order valence-corrected chi connectivity index (χ1v) is 4.78. The summed E-state index contributed by atoms with van der Waals surface area (Å²) in [5.74, 6) is 0.476. The highest BCUT2D eigenvalue weighted by atomic mass is 16.3. The minimum atomic E-state index is -0.434. The van der Waals surface area contributed by atoms with Crippen LogP contribution in [0, 0.1) is 0 Å². The lowest BCUT2D eigenvalue weighted by molar-refractivity contribution is -0.145. The molecule has 5 nitrogen and oxygen atoms in total. The second kappa shape index (κ2) is 3.76. The standard InChI is InChI=1S/C10H12N2O3/c1-7-10(14)11-5-9(13)12(7)6-8-3-2-4-15-8/h2-4,7H,5-6H2,1H3,(H,11,14). The minimum absolute atomic E-state index is 0.0733. The zero-order valence-electron chi connectivity index (χ0n) is 8.40. The van der Waals surface area contributed by atoms with Crippen LogP contribution in [0.25, 0.3) is 0 Å². The molecular weight excluding hydrogens is 196 g/mol. The summed E-state index contributed by atoms with van der Waals surface area (Å²) in [5, 5.41) is 2.53. The van der Waals surface area contributed by atoms with Crippen LogP contribution < -0.4 is 5.32 Å². The van der Waals surface area contributed by atoms with Crippen LogP contribution in [0.5, 0.6) is 0 Å². The lowest BCUT2D eigenvalue weighted by Crippen LogP contribution is -2.56. The largest absolute Gasteiger partial charge is 0.467 e. The van der Waals surface area contributed by atoms with E-state index in [1.54, 1.807) is 25.3 Å². The van der Waals surface area contributed by atoms with Gasteiger partial charge in [0.1, 0.15) is 11.8 Å². The highest BCUT2D eigenvalue weighted by molar-refractivity contribution is 5.94. The molecule has 2 rings (SSSR count). The summed E-state index contributed by atoms with van der Waals surface area (Å²) in [6, 6.07) is 3.11. The number of furan rings is 1. The third kappa shape index (κ3) is 1.86. The molecule has 1 aromatic heterocycles. The fourth-order valence-corrected chi connectivity index (χ4v) is 1.57. The van der Waals surface area contributed by atoms with E-state index in [1.165, 1.54) is 4.90 Å². The van der Waals surface area contributed by atoms with Crippen molar-refractivity contribution in [3.8, 4) is 0 Å². The van der Waals surface area contributed by atoms with Crippen LogP contribution in [0.4, 0.5) is 0 Å². The molecule has 0 spiro atoms. The maximum atomic E-state index is 11.5. The Bertz CT molecular complexity index is 372. The van der Waals surface area contributed by atoms with Crippen molar-refractivity contribution in [3.63, 3.8) is 0 Å². The summed E-state index contributed by atoms with van der Waals surface area (Å²) in [5.41, 5.74) is 0. The van der Waals surface area contributed by atoms with Crippen molar-refractivity contribution in [1.29, 1.82) is 0 Å². The molecular formula is C10H12N2O3. The minimum Gasteiger partial charge on any atom is -0.467 e. The number of rotatable bonds is 2. The molecule has 15 heavy (non-hydrogen) atoms. The molecule has 80 valence electrons. The third-order valence-electron chi connectivity index (χ3n) is 2.49. The van der Waals surface area contributed by atoms with Crippen molar-refractivity contribution in [2.75, 3.05) is 6.54 Å². The van der Waals surface area contributed by atoms with Gasteiger partial charge in [-0.3, -0.25) is 9.59 Å². The number of hydrogen-bond acceptors (Lipinski definition) is 3. The molecule has 1 fully saturated rings. The predicted molar refractivity (Wildman–Crippen MR) is 51.7 cm³/mol. The van der Waals surface area contributed by atoms with Crippen molar-refractivity contribution in [3.05, 3.63) is 24.2 Å². The summed E-state index contributed by atoms with van der Waals surface area (Å²) in [6.07, 6.45) is 1.55. The van der Waals surface area contributed by atoms with Crippen LogP contribution >= 0.6 is 0 Å². The van der Waals surface area contributed by atoms with Gasteiger partial charge in [-0.05, 0) is 19.1 Å². The van der Waals surface area contributed by atoms with Crippen molar-refractivity contribution in [2.45, 2.75) is 19.5 Å². The summed E-state index contributed by atoms with van der Waals surface area (Å²) in [4.78, 5) is 24.4. The molecule has 0 bridgehead atoms. The Labute approximate surface area is 87.0 Å². The van der Waals surface area contributed by atoms with E-state index in [1.807, 2.05) is 0 Å². The molecule has 1 aliphatic rings. The van der Waals surface area contributed by atoms with Crippen molar-refractivity contribution in [2.24, 2.45) is 0 Å². The number of nitrogens with zero attached hydrogens (tertiary/aromatic N) is 1. The van der Waals surface area contributed by atoms with Crippen molar-refractivity contribution >= 4 is 11.8 Å². The molecule has 2 amide bonds. The Kier molecular flexibility index (Phi) is 2.45. The molecule has 0 aliphatic carbocycles. The fourth-order valence-electron chi connectivity index (χ4n) is 1.57. The Balaban J connectivity index is 2.12. The van der Waals surface area contributed by atoms with Crippen molar-refractivity contribution < 1.29 is 14.0 Å². The highest BCUT2D eigenvalue weighted by Crippen LogP contribution is 2.11. The summed E-state index contributed by atoms with van der Waals surface area (Å²) in [6.45, 7) is 2.12. The van der Waals surface area contributed by atoms with E-state index in [9.17, 15) is 9.59 Å². The number of nitrogens with one attached hydrogen (secondary N) is 1. The normalized spacial score (nSPS) is 21.7. The fraction of sp³-hybridized carbons (Fsp3) is 0.400. The SMILES string of the molecule is CC1C(=O)NCC(=O)N1Cc1ccco1. The van der Waals surface area contributed by atoms with Gasteiger partial charge in [0, 0.05) is 0 Å². The molecule has 1 N–H and O–H groups in total. The molecule has 2 heterocycles. The van der Waals surface area contributed by atoms with Gasteiger partial charge in [-0.2, -0.15) is 0 Å². The number of carbonyl (C=O) groups excluding carboxylic acids is 2. The lowest BCUT2D eigenvalue weighted by atomic mass is 10.2. The van der Waals surface area contributed by atoms with E-state index in [0.717, 1.165) is 0 Å². The van der Waals surface area contributed by atoms with Gasteiger partial charge in [0.15, 0.2) is 0 Å². The summed E-state index contributed by atoms with van der Waals surface area (Å²) in [7, 11) is 0. The van der Waals surface area contributed by atoms with Crippen LogP contribution in [-0.4, -0.2) is 29.3 Å². The molecule has 0 aromatic carbocycles. The van der Waals surface area contributed by atoms with E-state index in [4.69, 9.17) is 4.42 Å². The molecule has 1 saturated heterocycles. The number of hydrogen-bond donors (Lipinski definition) is 1. The van der Waals surface area contributed by atoms with E-state index in [0.29, 0.717) is 12.3 Å².